The third kappa shape index (κ3) is 5.16. The van der Waals surface area contributed by atoms with Gasteiger partial charge in [-0.05, 0) is 55.5 Å². The van der Waals surface area contributed by atoms with Crippen molar-refractivity contribution in [2.75, 3.05) is 31.1 Å². The molecule has 0 radical (unpaired) electrons. The molecule has 3 amide bonds. The number of aryl methyl sites for hydroxylation is 1. The Hall–Kier alpha value is -3.15. The molecule has 180 valence electrons. The lowest BCUT2D eigenvalue weighted by Gasteiger charge is -2.39. The van der Waals surface area contributed by atoms with Crippen molar-refractivity contribution in [1.29, 1.82) is 0 Å². The van der Waals surface area contributed by atoms with Gasteiger partial charge in [-0.2, -0.15) is 0 Å². The predicted octanol–water partition coefficient (Wildman–Crippen LogP) is 4.15. The molecule has 1 atom stereocenters. The van der Waals surface area contributed by atoms with Gasteiger partial charge in [0.2, 0.25) is 11.8 Å². The van der Waals surface area contributed by atoms with Crippen LogP contribution in [-0.4, -0.2) is 59.7 Å². The minimum Gasteiger partial charge on any atom is -0.339 e. The van der Waals surface area contributed by atoms with Crippen LogP contribution >= 0.6 is 0 Å². The number of anilines is 1. The molecule has 0 saturated carbocycles. The Morgan fingerprint density at radius 1 is 0.971 bits per heavy atom. The highest BCUT2D eigenvalue weighted by atomic mass is 16.2. The summed E-state index contributed by atoms with van der Waals surface area (Å²) in [5.41, 5.74) is 2.81. The number of carbonyl (C=O) groups excluding carboxylic acids is 3. The molecule has 0 bridgehead atoms. The number of likely N-dealkylation sites (tertiary alicyclic amines) is 1. The first-order valence-corrected chi connectivity index (χ1v) is 12.6. The fraction of sp³-hybridized carbons (Fsp3) is 0.464. The van der Waals surface area contributed by atoms with Crippen molar-refractivity contribution in [3.05, 3.63) is 65.7 Å². The van der Waals surface area contributed by atoms with Crippen molar-refractivity contribution < 1.29 is 14.4 Å². The van der Waals surface area contributed by atoms with E-state index in [1.165, 1.54) is 5.56 Å². The molecule has 2 aliphatic rings. The van der Waals surface area contributed by atoms with Crippen molar-refractivity contribution in [2.24, 2.45) is 5.92 Å². The standard InChI is InChI=1S/C28H35N3O3/c1-3-16-30(25-14-17-29(18-15-25)27(33)22-8-6-5-7-9-22)28(34)23-19-26(32)31(20-23)24-12-10-21(4-2)11-13-24/h5-13,23,25H,3-4,14-20H2,1-2H3. The summed E-state index contributed by atoms with van der Waals surface area (Å²) in [6.45, 7) is 6.60. The monoisotopic (exact) mass is 461 g/mol. The van der Waals surface area contributed by atoms with Crippen molar-refractivity contribution in [2.45, 2.75) is 52.0 Å². The molecule has 6 nitrogen and oxygen atoms in total. The van der Waals surface area contributed by atoms with E-state index in [1.54, 1.807) is 4.90 Å². The Morgan fingerprint density at radius 3 is 2.26 bits per heavy atom. The second kappa shape index (κ2) is 10.9. The molecule has 0 aromatic heterocycles. The van der Waals surface area contributed by atoms with Crippen LogP contribution in [0, 0.1) is 5.92 Å². The van der Waals surface area contributed by atoms with Crippen LogP contribution in [0.5, 0.6) is 0 Å². The normalized spacial score (nSPS) is 18.9. The molecule has 2 aliphatic heterocycles. The maximum absolute atomic E-state index is 13.6. The highest BCUT2D eigenvalue weighted by Crippen LogP contribution is 2.29. The van der Waals surface area contributed by atoms with Gasteiger partial charge in [-0.15, -0.1) is 0 Å². The molecular weight excluding hydrogens is 426 g/mol. The summed E-state index contributed by atoms with van der Waals surface area (Å²) in [7, 11) is 0. The van der Waals surface area contributed by atoms with E-state index < -0.39 is 0 Å². The lowest BCUT2D eigenvalue weighted by atomic mass is 9.98. The highest BCUT2D eigenvalue weighted by Gasteiger charge is 2.39. The van der Waals surface area contributed by atoms with Crippen LogP contribution in [-0.2, 0) is 16.0 Å². The zero-order chi connectivity index (χ0) is 24.1. The number of benzene rings is 2. The maximum Gasteiger partial charge on any atom is 0.253 e. The summed E-state index contributed by atoms with van der Waals surface area (Å²) >= 11 is 0. The molecule has 2 aromatic carbocycles. The Bertz CT molecular complexity index is 997. The summed E-state index contributed by atoms with van der Waals surface area (Å²) in [4.78, 5) is 44.8. The number of nitrogens with zero attached hydrogens (tertiary/aromatic N) is 3. The molecule has 4 rings (SSSR count). The number of hydrogen-bond donors (Lipinski definition) is 0. The summed E-state index contributed by atoms with van der Waals surface area (Å²) in [6, 6.07) is 17.5. The van der Waals surface area contributed by atoms with Crippen LogP contribution in [0.1, 0.15) is 55.5 Å². The summed E-state index contributed by atoms with van der Waals surface area (Å²) < 4.78 is 0. The van der Waals surface area contributed by atoms with Gasteiger partial charge in [0.25, 0.3) is 5.91 Å². The Labute approximate surface area is 202 Å². The first-order chi connectivity index (χ1) is 16.5. The van der Waals surface area contributed by atoms with Crippen molar-refractivity contribution >= 4 is 23.4 Å². The number of amides is 3. The molecule has 34 heavy (non-hydrogen) atoms. The molecule has 2 heterocycles. The van der Waals surface area contributed by atoms with Crippen molar-refractivity contribution in [3.8, 4) is 0 Å². The average molecular weight is 462 g/mol. The lowest BCUT2D eigenvalue weighted by Crippen LogP contribution is -2.50. The van der Waals surface area contributed by atoms with Crippen molar-refractivity contribution in [3.63, 3.8) is 0 Å². The largest absolute Gasteiger partial charge is 0.339 e. The predicted molar refractivity (Wildman–Crippen MR) is 134 cm³/mol. The molecular formula is C28H35N3O3. The second-order valence-electron chi connectivity index (χ2n) is 9.35. The second-order valence-corrected chi connectivity index (χ2v) is 9.35. The van der Waals surface area contributed by atoms with E-state index in [4.69, 9.17) is 0 Å². The van der Waals surface area contributed by atoms with Gasteiger partial charge in [0, 0.05) is 49.9 Å². The number of piperidine rings is 1. The summed E-state index contributed by atoms with van der Waals surface area (Å²) in [6.07, 6.45) is 3.63. The van der Waals surface area contributed by atoms with E-state index in [1.807, 2.05) is 64.4 Å². The molecule has 2 aromatic rings. The zero-order valence-electron chi connectivity index (χ0n) is 20.3. The van der Waals surface area contributed by atoms with Gasteiger partial charge in [0.15, 0.2) is 0 Å². The lowest BCUT2D eigenvalue weighted by molar-refractivity contribution is -0.139. The third-order valence-electron chi connectivity index (χ3n) is 7.09. The van der Waals surface area contributed by atoms with Gasteiger partial charge < -0.3 is 14.7 Å². The Morgan fingerprint density at radius 2 is 1.65 bits per heavy atom. The Kier molecular flexibility index (Phi) is 7.66. The molecule has 2 saturated heterocycles. The van der Waals surface area contributed by atoms with Gasteiger partial charge in [0.1, 0.15) is 0 Å². The van der Waals surface area contributed by atoms with Crippen LogP contribution < -0.4 is 4.90 Å². The van der Waals surface area contributed by atoms with Gasteiger partial charge in [-0.1, -0.05) is 44.2 Å². The van der Waals surface area contributed by atoms with E-state index in [0.29, 0.717) is 31.7 Å². The van der Waals surface area contributed by atoms with E-state index >= 15 is 0 Å². The molecule has 0 spiro atoms. The van der Waals surface area contributed by atoms with Crippen LogP contribution in [0.2, 0.25) is 0 Å². The number of rotatable bonds is 7. The fourth-order valence-electron chi connectivity index (χ4n) is 5.13. The SMILES string of the molecule is CCCN(C(=O)C1CC(=O)N(c2ccc(CC)cc2)C1)C1CCN(C(=O)c2ccccc2)CC1. The van der Waals surface area contributed by atoms with Gasteiger partial charge in [-0.3, -0.25) is 14.4 Å². The van der Waals surface area contributed by atoms with Gasteiger partial charge >= 0.3 is 0 Å². The number of carbonyl (C=O) groups is 3. The smallest absolute Gasteiger partial charge is 0.253 e. The van der Waals surface area contributed by atoms with Crippen LogP contribution in [0.3, 0.4) is 0 Å². The van der Waals surface area contributed by atoms with Gasteiger partial charge in [0.05, 0.1) is 5.92 Å². The molecule has 0 N–H and O–H groups in total. The molecule has 6 heteroatoms. The minimum atomic E-state index is -0.311. The minimum absolute atomic E-state index is 0.0160. The van der Waals surface area contributed by atoms with Crippen LogP contribution in [0.4, 0.5) is 5.69 Å². The molecule has 1 unspecified atom stereocenters. The van der Waals surface area contributed by atoms with Crippen LogP contribution in [0.15, 0.2) is 54.6 Å². The van der Waals surface area contributed by atoms with Crippen molar-refractivity contribution in [1.82, 2.24) is 9.80 Å². The quantitative estimate of drug-likeness (QED) is 0.623. The average Bonchev–Trinajstić information content (AvgIpc) is 3.28. The van der Waals surface area contributed by atoms with E-state index in [-0.39, 0.29) is 36.1 Å². The molecule has 0 aliphatic carbocycles. The third-order valence-corrected chi connectivity index (χ3v) is 7.09. The zero-order valence-corrected chi connectivity index (χ0v) is 20.3. The van der Waals surface area contributed by atoms with E-state index in [9.17, 15) is 14.4 Å². The van der Waals surface area contributed by atoms with E-state index in [0.717, 1.165) is 31.4 Å². The first-order valence-electron chi connectivity index (χ1n) is 12.6. The van der Waals surface area contributed by atoms with Crippen LogP contribution in [0.25, 0.3) is 0 Å². The fourth-order valence-corrected chi connectivity index (χ4v) is 5.13. The van der Waals surface area contributed by atoms with E-state index in [2.05, 4.69) is 13.8 Å². The summed E-state index contributed by atoms with van der Waals surface area (Å²) in [5.74, 6) is -0.162. The molecule has 2 fully saturated rings. The topological polar surface area (TPSA) is 60.9 Å². The summed E-state index contributed by atoms with van der Waals surface area (Å²) in [5, 5.41) is 0. The van der Waals surface area contributed by atoms with Gasteiger partial charge in [-0.25, -0.2) is 0 Å². The maximum atomic E-state index is 13.6. The Balaban J connectivity index is 1.39. The number of hydrogen-bond acceptors (Lipinski definition) is 3. The highest BCUT2D eigenvalue weighted by molar-refractivity contribution is 6.00. The first kappa shape index (κ1) is 24.0.